The highest BCUT2D eigenvalue weighted by Crippen LogP contribution is 2.29. The van der Waals surface area contributed by atoms with E-state index >= 15 is 0 Å². The number of likely N-dealkylation sites (tertiary alicyclic amines) is 1. The smallest absolute Gasteiger partial charge is 0.0207 e. The van der Waals surface area contributed by atoms with Crippen molar-refractivity contribution in [3.63, 3.8) is 0 Å². The zero-order valence-corrected chi connectivity index (χ0v) is 11.9. The maximum atomic E-state index is 3.74. The number of benzene rings is 1. The van der Waals surface area contributed by atoms with Crippen molar-refractivity contribution < 1.29 is 0 Å². The number of nitrogens with zero attached hydrogens (tertiary/aromatic N) is 1. The Labute approximate surface area is 117 Å². The van der Waals surface area contributed by atoms with E-state index in [2.05, 4.69) is 40.5 Å². The molecule has 0 bridgehead atoms. The molecule has 0 aromatic heterocycles. The lowest BCUT2D eigenvalue weighted by Crippen LogP contribution is -2.33. The number of unbranched alkanes of at least 4 members (excludes halogenated alkanes) is 1. The summed E-state index contributed by atoms with van der Waals surface area (Å²) >= 11 is 0. The summed E-state index contributed by atoms with van der Waals surface area (Å²) in [7, 11) is 0. The summed E-state index contributed by atoms with van der Waals surface area (Å²) in [5, 5.41) is 3.74. The Kier molecular flexibility index (Phi) is 4.52. The molecular formula is C17H26N2. The van der Waals surface area contributed by atoms with Crippen LogP contribution in [0.3, 0.4) is 0 Å². The Morgan fingerprint density at radius 3 is 2.68 bits per heavy atom. The van der Waals surface area contributed by atoms with Crippen molar-refractivity contribution >= 4 is 0 Å². The maximum absolute atomic E-state index is 3.74. The van der Waals surface area contributed by atoms with E-state index in [0.717, 1.165) is 12.1 Å². The molecule has 0 spiro atoms. The van der Waals surface area contributed by atoms with Gasteiger partial charge in [0.1, 0.15) is 0 Å². The summed E-state index contributed by atoms with van der Waals surface area (Å²) in [6.45, 7) is 3.81. The highest BCUT2D eigenvalue weighted by atomic mass is 15.2. The molecule has 1 N–H and O–H groups in total. The van der Waals surface area contributed by atoms with Gasteiger partial charge in [0.15, 0.2) is 0 Å². The Morgan fingerprint density at radius 2 is 1.89 bits per heavy atom. The van der Waals surface area contributed by atoms with Gasteiger partial charge in [0.25, 0.3) is 0 Å². The predicted molar refractivity (Wildman–Crippen MR) is 80.4 cm³/mol. The first kappa shape index (κ1) is 13.1. The zero-order valence-electron chi connectivity index (χ0n) is 11.9. The van der Waals surface area contributed by atoms with Gasteiger partial charge in [-0.3, -0.25) is 4.90 Å². The van der Waals surface area contributed by atoms with Crippen molar-refractivity contribution in [1.82, 2.24) is 10.2 Å². The van der Waals surface area contributed by atoms with E-state index in [1.165, 1.54) is 63.7 Å². The van der Waals surface area contributed by atoms with Crippen molar-refractivity contribution in [2.75, 3.05) is 19.6 Å². The second-order valence-electron chi connectivity index (χ2n) is 6.11. The molecule has 1 aliphatic heterocycles. The van der Waals surface area contributed by atoms with E-state index in [4.69, 9.17) is 0 Å². The van der Waals surface area contributed by atoms with Crippen molar-refractivity contribution in [2.24, 2.45) is 0 Å². The van der Waals surface area contributed by atoms with E-state index in [1.807, 2.05) is 0 Å². The third kappa shape index (κ3) is 4.05. The van der Waals surface area contributed by atoms with E-state index in [1.54, 1.807) is 0 Å². The maximum Gasteiger partial charge on any atom is 0.0207 e. The monoisotopic (exact) mass is 258 g/mol. The van der Waals surface area contributed by atoms with E-state index in [9.17, 15) is 0 Å². The first-order chi connectivity index (χ1) is 9.42. The first-order valence-corrected chi connectivity index (χ1v) is 7.93. The molecule has 1 aromatic carbocycles. The van der Waals surface area contributed by atoms with Gasteiger partial charge in [0.05, 0.1) is 0 Å². The van der Waals surface area contributed by atoms with E-state index in [-0.39, 0.29) is 0 Å². The van der Waals surface area contributed by atoms with Crippen molar-refractivity contribution in [1.29, 1.82) is 0 Å². The van der Waals surface area contributed by atoms with E-state index in [0.29, 0.717) is 0 Å². The van der Waals surface area contributed by atoms with Crippen LogP contribution in [0.15, 0.2) is 30.3 Å². The van der Waals surface area contributed by atoms with Crippen molar-refractivity contribution in [2.45, 2.75) is 50.6 Å². The van der Waals surface area contributed by atoms with Crippen LogP contribution in [-0.2, 0) is 6.42 Å². The molecule has 3 rings (SSSR count). The van der Waals surface area contributed by atoms with Gasteiger partial charge in [-0.15, -0.1) is 0 Å². The molecule has 1 saturated carbocycles. The Bertz CT molecular complexity index is 372. The number of hydrogen-bond acceptors (Lipinski definition) is 2. The minimum atomic E-state index is 0.761. The highest BCUT2D eigenvalue weighted by Gasteiger charge is 2.33. The molecule has 1 aliphatic carbocycles. The molecule has 0 radical (unpaired) electrons. The molecule has 2 aliphatic rings. The van der Waals surface area contributed by atoms with Crippen LogP contribution in [0, 0.1) is 0 Å². The van der Waals surface area contributed by atoms with E-state index < -0.39 is 0 Å². The number of aryl methyl sites for hydroxylation is 1. The quantitative estimate of drug-likeness (QED) is 0.757. The van der Waals surface area contributed by atoms with Gasteiger partial charge in [-0.1, -0.05) is 30.3 Å². The Hall–Kier alpha value is -0.860. The van der Waals surface area contributed by atoms with Gasteiger partial charge in [-0.05, 0) is 50.6 Å². The Balaban J connectivity index is 1.25. The van der Waals surface area contributed by atoms with Crippen LogP contribution in [0.2, 0.25) is 0 Å². The summed E-state index contributed by atoms with van der Waals surface area (Å²) in [6, 6.07) is 12.5. The SMILES string of the molecule is c1ccc(CCCCNC2CCN(C3CC3)C2)cc1. The normalized spacial score (nSPS) is 23.9. The number of hydrogen-bond donors (Lipinski definition) is 1. The molecule has 19 heavy (non-hydrogen) atoms. The average molecular weight is 258 g/mol. The molecule has 0 amide bonds. The molecule has 1 aromatic rings. The molecule has 1 saturated heterocycles. The molecule has 2 heteroatoms. The average Bonchev–Trinajstić information content (AvgIpc) is 3.20. The first-order valence-electron chi connectivity index (χ1n) is 7.93. The summed E-state index contributed by atoms with van der Waals surface area (Å²) < 4.78 is 0. The van der Waals surface area contributed by atoms with Gasteiger partial charge in [-0.25, -0.2) is 0 Å². The van der Waals surface area contributed by atoms with Crippen LogP contribution in [0.1, 0.15) is 37.7 Å². The third-order valence-electron chi connectivity index (χ3n) is 4.45. The standard InChI is InChI=1S/C17H26N2/c1-2-6-15(7-3-1)8-4-5-12-18-16-11-13-19(14-16)17-9-10-17/h1-3,6-7,16-18H,4-5,8-14H2. The van der Waals surface area contributed by atoms with Crippen LogP contribution in [0.5, 0.6) is 0 Å². The molecule has 104 valence electrons. The second-order valence-corrected chi connectivity index (χ2v) is 6.11. The van der Waals surface area contributed by atoms with Gasteiger partial charge >= 0.3 is 0 Å². The van der Waals surface area contributed by atoms with Gasteiger partial charge < -0.3 is 5.32 Å². The summed E-state index contributed by atoms with van der Waals surface area (Å²) in [5.41, 5.74) is 1.48. The molecule has 2 fully saturated rings. The summed E-state index contributed by atoms with van der Waals surface area (Å²) in [5.74, 6) is 0. The fourth-order valence-electron chi connectivity index (χ4n) is 3.13. The second kappa shape index (κ2) is 6.53. The van der Waals surface area contributed by atoms with Crippen LogP contribution in [0.25, 0.3) is 0 Å². The Morgan fingerprint density at radius 1 is 1.05 bits per heavy atom. The van der Waals surface area contributed by atoms with Gasteiger partial charge in [0, 0.05) is 25.2 Å². The topological polar surface area (TPSA) is 15.3 Å². The number of rotatable bonds is 7. The van der Waals surface area contributed by atoms with Crippen LogP contribution < -0.4 is 5.32 Å². The summed E-state index contributed by atoms with van der Waals surface area (Å²) in [4.78, 5) is 2.68. The van der Waals surface area contributed by atoms with Crippen LogP contribution >= 0.6 is 0 Å². The summed E-state index contributed by atoms with van der Waals surface area (Å²) in [6.07, 6.45) is 8.08. The molecule has 2 nitrogen and oxygen atoms in total. The highest BCUT2D eigenvalue weighted by molar-refractivity contribution is 5.14. The van der Waals surface area contributed by atoms with Crippen molar-refractivity contribution in [3.05, 3.63) is 35.9 Å². The fraction of sp³-hybridized carbons (Fsp3) is 0.647. The van der Waals surface area contributed by atoms with Gasteiger partial charge in [0.2, 0.25) is 0 Å². The van der Waals surface area contributed by atoms with Crippen LogP contribution in [-0.4, -0.2) is 36.6 Å². The third-order valence-corrected chi connectivity index (χ3v) is 4.45. The largest absolute Gasteiger partial charge is 0.313 e. The van der Waals surface area contributed by atoms with Gasteiger partial charge in [-0.2, -0.15) is 0 Å². The molecular weight excluding hydrogens is 232 g/mol. The lowest BCUT2D eigenvalue weighted by atomic mass is 10.1. The predicted octanol–water partition coefficient (Wildman–Crippen LogP) is 2.84. The minimum Gasteiger partial charge on any atom is -0.313 e. The lowest BCUT2D eigenvalue weighted by Gasteiger charge is -2.15. The van der Waals surface area contributed by atoms with Crippen molar-refractivity contribution in [3.8, 4) is 0 Å². The molecule has 1 heterocycles. The fourth-order valence-corrected chi connectivity index (χ4v) is 3.13. The minimum absolute atomic E-state index is 0.761. The molecule has 1 unspecified atom stereocenters. The number of nitrogens with one attached hydrogen (secondary N) is 1. The molecule has 1 atom stereocenters. The van der Waals surface area contributed by atoms with Crippen LogP contribution in [0.4, 0.5) is 0 Å². The zero-order chi connectivity index (χ0) is 12.9. The lowest BCUT2D eigenvalue weighted by molar-refractivity contribution is 0.317.